The fraction of sp³-hybridized carbons (Fsp3) is 0.105. The molecule has 2 aromatic carbocycles. The lowest BCUT2D eigenvalue weighted by Gasteiger charge is -2.17. The van der Waals surface area contributed by atoms with Gasteiger partial charge >= 0.3 is 6.03 Å². The minimum Gasteiger partial charge on any atom is -0.375 e. The van der Waals surface area contributed by atoms with Crippen molar-refractivity contribution in [3.63, 3.8) is 0 Å². The summed E-state index contributed by atoms with van der Waals surface area (Å²) in [4.78, 5) is 32.1. The van der Waals surface area contributed by atoms with E-state index in [4.69, 9.17) is 5.73 Å². The van der Waals surface area contributed by atoms with Gasteiger partial charge in [0.2, 0.25) is 0 Å². The Kier molecular flexibility index (Phi) is 4.14. The van der Waals surface area contributed by atoms with Gasteiger partial charge in [-0.3, -0.25) is 4.79 Å². The molecule has 2 heterocycles. The smallest absolute Gasteiger partial charge is 0.332 e. The molecule has 26 heavy (non-hydrogen) atoms. The number of rotatable bonds is 4. The highest BCUT2D eigenvalue weighted by Gasteiger charge is 2.36. The van der Waals surface area contributed by atoms with Crippen molar-refractivity contribution in [2.24, 2.45) is 0 Å². The van der Waals surface area contributed by atoms with Crippen molar-refractivity contribution in [2.45, 2.75) is 6.54 Å². The van der Waals surface area contributed by atoms with Crippen molar-refractivity contribution in [1.29, 1.82) is 0 Å². The van der Waals surface area contributed by atoms with Gasteiger partial charge in [0, 0.05) is 17.5 Å². The number of thiazole rings is 1. The van der Waals surface area contributed by atoms with Gasteiger partial charge in [-0.05, 0) is 17.7 Å². The Morgan fingerprint density at radius 2 is 1.77 bits per heavy atom. The Bertz CT molecular complexity index is 953. The summed E-state index contributed by atoms with van der Waals surface area (Å²) < 4.78 is 0. The zero-order valence-electron chi connectivity index (χ0n) is 13.8. The molecule has 1 saturated heterocycles. The van der Waals surface area contributed by atoms with Crippen LogP contribution in [0.3, 0.4) is 0 Å². The van der Waals surface area contributed by atoms with E-state index in [1.165, 1.54) is 16.2 Å². The first-order valence-electron chi connectivity index (χ1n) is 8.09. The van der Waals surface area contributed by atoms with Crippen LogP contribution in [0.1, 0.15) is 5.56 Å². The van der Waals surface area contributed by atoms with Gasteiger partial charge < -0.3 is 10.6 Å². The molecule has 0 saturated carbocycles. The van der Waals surface area contributed by atoms with E-state index in [0.29, 0.717) is 17.4 Å². The second kappa shape index (κ2) is 6.61. The van der Waals surface area contributed by atoms with E-state index in [0.717, 1.165) is 16.8 Å². The molecule has 1 aromatic heterocycles. The van der Waals surface area contributed by atoms with Gasteiger partial charge in [-0.1, -0.05) is 42.5 Å². The van der Waals surface area contributed by atoms with Crippen LogP contribution in [0.2, 0.25) is 0 Å². The third-order valence-electron chi connectivity index (χ3n) is 4.20. The molecular formula is C19H16N4O2S. The van der Waals surface area contributed by atoms with E-state index in [1.807, 2.05) is 47.8 Å². The molecule has 4 rings (SSSR count). The van der Waals surface area contributed by atoms with Crippen molar-refractivity contribution in [1.82, 2.24) is 9.88 Å². The van der Waals surface area contributed by atoms with Gasteiger partial charge in [0.15, 0.2) is 5.13 Å². The van der Waals surface area contributed by atoms with E-state index in [1.54, 1.807) is 17.0 Å². The number of carbonyl (C=O) groups is 2. The minimum atomic E-state index is -0.301. The predicted molar refractivity (Wildman–Crippen MR) is 102 cm³/mol. The van der Waals surface area contributed by atoms with Crippen LogP contribution in [0.15, 0.2) is 60.0 Å². The lowest BCUT2D eigenvalue weighted by molar-refractivity contribution is -0.116. The van der Waals surface area contributed by atoms with Gasteiger partial charge in [0.05, 0.1) is 11.4 Å². The number of nitrogens with zero attached hydrogens (tertiary/aromatic N) is 3. The number of hydrogen-bond donors (Lipinski definition) is 1. The Morgan fingerprint density at radius 3 is 2.42 bits per heavy atom. The molecule has 0 aliphatic carbocycles. The van der Waals surface area contributed by atoms with Crippen molar-refractivity contribution >= 4 is 34.1 Å². The molecule has 6 nitrogen and oxygen atoms in total. The molecule has 0 unspecified atom stereocenters. The van der Waals surface area contributed by atoms with Crippen molar-refractivity contribution in [3.8, 4) is 11.3 Å². The molecule has 0 spiro atoms. The van der Waals surface area contributed by atoms with E-state index in [2.05, 4.69) is 4.98 Å². The lowest BCUT2D eigenvalue weighted by Crippen LogP contribution is -2.32. The number of imide groups is 1. The van der Waals surface area contributed by atoms with Crippen LogP contribution in [-0.2, 0) is 11.3 Å². The Balaban J connectivity index is 1.53. The number of nitrogens with two attached hydrogens (primary N) is 1. The fourth-order valence-electron chi connectivity index (χ4n) is 2.93. The summed E-state index contributed by atoms with van der Waals surface area (Å²) in [5.74, 6) is -0.225. The van der Waals surface area contributed by atoms with Crippen LogP contribution >= 0.6 is 11.3 Å². The normalized spacial score (nSPS) is 14.3. The lowest BCUT2D eigenvalue weighted by atomic mass is 10.1. The quantitative estimate of drug-likeness (QED) is 0.720. The average molecular weight is 364 g/mol. The van der Waals surface area contributed by atoms with Crippen molar-refractivity contribution in [3.05, 3.63) is 65.5 Å². The average Bonchev–Trinajstić information content (AvgIpc) is 3.20. The summed E-state index contributed by atoms with van der Waals surface area (Å²) in [5, 5.41) is 2.38. The maximum Gasteiger partial charge on any atom is 0.332 e. The standard InChI is InChI=1S/C19H16N4O2S/c20-18-21-16(12-26-18)14-6-8-15(9-7-14)23-17(24)11-22(19(23)25)10-13-4-2-1-3-5-13/h1-9,12H,10-11H2,(H2,20,21). The molecule has 130 valence electrons. The summed E-state index contributed by atoms with van der Waals surface area (Å²) in [7, 11) is 0. The molecule has 3 amide bonds. The number of urea groups is 1. The first-order chi connectivity index (χ1) is 12.6. The van der Waals surface area contributed by atoms with Crippen molar-refractivity contribution in [2.75, 3.05) is 17.2 Å². The molecule has 1 fully saturated rings. The van der Waals surface area contributed by atoms with Gasteiger partial charge in [0.25, 0.3) is 5.91 Å². The van der Waals surface area contributed by atoms with Crippen LogP contribution in [-0.4, -0.2) is 28.4 Å². The molecule has 3 aromatic rings. The van der Waals surface area contributed by atoms with Crippen LogP contribution in [0.25, 0.3) is 11.3 Å². The van der Waals surface area contributed by atoms with Crippen LogP contribution in [0.5, 0.6) is 0 Å². The van der Waals surface area contributed by atoms with E-state index < -0.39 is 0 Å². The highest BCUT2D eigenvalue weighted by molar-refractivity contribution is 7.13. The number of nitrogen functional groups attached to an aromatic ring is 1. The van der Waals surface area contributed by atoms with Crippen LogP contribution in [0, 0.1) is 0 Å². The third kappa shape index (κ3) is 3.04. The molecule has 1 aliphatic heterocycles. The van der Waals surface area contributed by atoms with Crippen molar-refractivity contribution < 1.29 is 9.59 Å². The Hall–Kier alpha value is -3.19. The first kappa shape index (κ1) is 16.3. The van der Waals surface area contributed by atoms with Gasteiger partial charge in [0.1, 0.15) is 6.54 Å². The number of carbonyl (C=O) groups excluding carboxylic acids is 2. The van der Waals surface area contributed by atoms with Gasteiger partial charge in [-0.25, -0.2) is 14.7 Å². The topological polar surface area (TPSA) is 79.5 Å². The van der Waals surface area contributed by atoms with E-state index in [9.17, 15) is 9.59 Å². The molecule has 0 atom stereocenters. The third-order valence-corrected chi connectivity index (χ3v) is 4.87. The second-order valence-electron chi connectivity index (χ2n) is 5.97. The maximum atomic E-state index is 12.7. The Labute approximate surface area is 154 Å². The van der Waals surface area contributed by atoms with E-state index in [-0.39, 0.29) is 18.5 Å². The SMILES string of the molecule is Nc1nc(-c2ccc(N3C(=O)CN(Cc4ccccc4)C3=O)cc2)cs1. The number of amides is 3. The predicted octanol–water partition coefficient (Wildman–Crippen LogP) is 3.36. The molecule has 7 heteroatoms. The summed E-state index contributed by atoms with van der Waals surface area (Å²) >= 11 is 1.37. The van der Waals surface area contributed by atoms with E-state index >= 15 is 0 Å². The van der Waals surface area contributed by atoms with Crippen LogP contribution < -0.4 is 10.6 Å². The summed E-state index contributed by atoms with van der Waals surface area (Å²) in [6, 6.07) is 16.5. The molecular weight excluding hydrogens is 348 g/mol. The largest absolute Gasteiger partial charge is 0.375 e. The second-order valence-corrected chi connectivity index (χ2v) is 6.86. The highest BCUT2D eigenvalue weighted by Crippen LogP contribution is 2.28. The molecule has 0 radical (unpaired) electrons. The number of hydrogen-bond acceptors (Lipinski definition) is 5. The maximum absolute atomic E-state index is 12.7. The summed E-state index contributed by atoms with van der Waals surface area (Å²) in [6.45, 7) is 0.496. The van der Waals surface area contributed by atoms with Gasteiger partial charge in [-0.15, -0.1) is 11.3 Å². The Morgan fingerprint density at radius 1 is 1.04 bits per heavy atom. The van der Waals surface area contributed by atoms with Gasteiger partial charge in [-0.2, -0.15) is 0 Å². The molecule has 2 N–H and O–H groups in total. The fourth-order valence-corrected chi connectivity index (χ4v) is 3.51. The highest BCUT2D eigenvalue weighted by atomic mass is 32.1. The summed E-state index contributed by atoms with van der Waals surface area (Å²) in [6.07, 6.45) is 0. The monoisotopic (exact) mass is 364 g/mol. The summed E-state index contributed by atoms with van der Waals surface area (Å²) in [5.41, 5.74) is 8.89. The molecule has 1 aliphatic rings. The first-order valence-corrected chi connectivity index (χ1v) is 8.97. The minimum absolute atomic E-state index is 0.0814. The number of benzene rings is 2. The number of aromatic nitrogens is 1. The zero-order valence-corrected chi connectivity index (χ0v) is 14.6. The van der Waals surface area contributed by atoms with Crippen LogP contribution in [0.4, 0.5) is 15.6 Å². The zero-order chi connectivity index (χ0) is 18.1. The molecule has 0 bridgehead atoms. The number of anilines is 2.